The molecule has 1 aromatic carbocycles. The SMILES string of the molecule is CCC(C)(C)NC[C@H](N)Cc1ccccc1. The Bertz CT molecular complexity index is 293. The summed E-state index contributed by atoms with van der Waals surface area (Å²) < 4.78 is 0. The van der Waals surface area contributed by atoms with Crippen molar-refractivity contribution in [1.82, 2.24) is 5.32 Å². The molecule has 0 fully saturated rings. The molecule has 0 saturated heterocycles. The lowest BCUT2D eigenvalue weighted by atomic mass is 10.0. The van der Waals surface area contributed by atoms with Gasteiger partial charge in [0.25, 0.3) is 0 Å². The highest BCUT2D eigenvalue weighted by Crippen LogP contribution is 2.07. The number of nitrogens with one attached hydrogen (secondary N) is 1. The third kappa shape index (κ3) is 4.77. The Kier molecular flexibility index (Phi) is 4.97. The van der Waals surface area contributed by atoms with Crippen molar-refractivity contribution in [3.8, 4) is 0 Å². The number of rotatable bonds is 6. The Morgan fingerprint density at radius 3 is 2.44 bits per heavy atom. The zero-order valence-corrected chi connectivity index (χ0v) is 10.7. The summed E-state index contributed by atoms with van der Waals surface area (Å²) in [6.45, 7) is 7.48. The van der Waals surface area contributed by atoms with E-state index in [1.165, 1.54) is 5.56 Å². The van der Waals surface area contributed by atoms with E-state index in [2.05, 4.69) is 50.4 Å². The molecular weight excluding hydrogens is 196 g/mol. The van der Waals surface area contributed by atoms with Crippen LogP contribution in [0.25, 0.3) is 0 Å². The van der Waals surface area contributed by atoms with Gasteiger partial charge in [0.2, 0.25) is 0 Å². The normalized spacial score (nSPS) is 13.8. The third-order valence-corrected chi connectivity index (χ3v) is 3.07. The first-order chi connectivity index (χ1) is 7.53. The second-order valence-corrected chi connectivity index (χ2v) is 5.07. The molecular formula is C14H24N2. The maximum absolute atomic E-state index is 6.11. The van der Waals surface area contributed by atoms with Crippen LogP contribution in [0.5, 0.6) is 0 Å². The first-order valence-electron chi connectivity index (χ1n) is 6.08. The van der Waals surface area contributed by atoms with Crippen molar-refractivity contribution in [2.24, 2.45) is 5.73 Å². The number of nitrogens with two attached hydrogens (primary N) is 1. The van der Waals surface area contributed by atoms with E-state index in [-0.39, 0.29) is 11.6 Å². The molecule has 16 heavy (non-hydrogen) atoms. The van der Waals surface area contributed by atoms with Crippen molar-refractivity contribution in [2.45, 2.75) is 45.2 Å². The smallest absolute Gasteiger partial charge is 0.0206 e. The molecule has 0 heterocycles. The predicted molar refractivity (Wildman–Crippen MR) is 70.5 cm³/mol. The van der Waals surface area contributed by atoms with E-state index in [0.717, 1.165) is 19.4 Å². The molecule has 0 aromatic heterocycles. The summed E-state index contributed by atoms with van der Waals surface area (Å²) in [6.07, 6.45) is 2.05. The lowest BCUT2D eigenvalue weighted by molar-refractivity contribution is 0.362. The highest BCUT2D eigenvalue weighted by atomic mass is 15.0. The average Bonchev–Trinajstić information content (AvgIpc) is 2.28. The van der Waals surface area contributed by atoms with E-state index >= 15 is 0 Å². The van der Waals surface area contributed by atoms with Crippen LogP contribution in [0.2, 0.25) is 0 Å². The maximum Gasteiger partial charge on any atom is 0.0206 e. The van der Waals surface area contributed by atoms with Crippen molar-refractivity contribution in [3.05, 3.63) is 35.9 Å². The van der Waals surface area contributed by atoms with Crippen molar-refractivity contribution in [1.29, 1.82) is 0 Å². The van der Waals surface area contributed by atoms with Gasteiger partial charge < -0.3 is 11.1 Å². The molecule has 0 radical (unpaired) electrons. The van der Waals surface area contributed by atoms with Crippen LogP contribution in [-0.2, 0) is 6.42 Å². The van der Waals surface area contributed by atoms with E-state index in [1.54, 1.807) is 0 Å². The Balaban J connectivity index is 2.34. The monoisotopic (exact) mass is 220 g/mol. The Labute approximate surface area is 99.2 Å². The molecule has 1 aromatic rings. The van der Waals surface area contributed by atoms with Crippen LogP contribution >= 0.6 is 0 Å². The van der Waals surface area contributed by atoms with Gasteiger partial charge in [0, 0.05) is 18.1 Å². The fourth-order valence-electron chi connectivity index (χ4n) is 1.52. The van der Waals surface area contributed by atoms with Gasteiger partial charge in [-0.05, 0) is 32.3 Å². The molecule has 0 aliphatic heterocycles. The van der Waals surface area contributed by atoms with E-state index < -0.39 is 0 Å². The predicted octanol–water partition coefficient (Wildman–Crippen LogP) is 2.33. The lowest BCUT2D eigenvalue weighted by Crippen LogP contribution is -2.46. The molecule has 0 bridgehead atoms. The van der Waals surface area contributed by atoms with Crippen LogP contribution < -0.4 is 11.1 Å². The number of hydrogen-bond acceptors (Lipinski definition) is 2. The van der Waals surface area contributed by atoms with Crippen LogP contribution in [0.1, 0.15) is 32.8 Å². The Morgan fingerprint density at radius 2 is 1.88 bits per heavy atom. The molecule has 0 unspecified atom stereocenters. The van der Waals surface area contributed by atoms with Crippen molar-refractivity contribution < 1.29 is 0 Å². The average molecular weight is 220 g/mol. The summed E-state index contributed by atoms with van der Waals surface area (Å²) in [5, 5.41) is 3.50. The molecule has 1 rings (SSSR count). The summed E-state index contributed by atoms with van der Waals surface area (Å²) in [5.41, 5.74) is 7.61. The zero-order valence-electron chi connectivity index (χ0n) is 10.7. The Morgan fingerprint density at radius 1 is 1.25 bits per heavy atom. The molecule has 0 aliphatic rings. The molecule has 1 atom stereocenters. The maximum atomic E-state index is 6.11. The van der Waals surface area contributed by atoms with Gasteiger partial charge in [-0.25, -0.2) is 0 Å². The first-order valence-corrected chi connectivity index (χ1v) is 6.08. The topological polar surface area (TPSA) is 38.0 Å². The second kappa shape index (κ2) is 6.02. The van der Waals surface area contributed by atoms with Gasteiger partial charge in [-0.15, -0.1) is 0 Å². The molecule has 2 heteroatoms. The van der Waals surface area contributed by atoms with Crippen molar-refractivity contribution in [3.63, 3.8) is 0 Å². The van der Waals surface area contributed by atoms with Crippen LogP contribution in [0.3, 0.4) is 0 Å². The molecule has 0 amide bonds. The van der Waals surface area contributed by atoms with E-state index in [9.17, 15) is 0 Å². The number of hydrogen-bond donors (Lipinski definition) is 2. The van der Waals surface area contributed by atoms with Gasteiger partial charge in [-0.1, -0.05) is 37.3 Å². The van der Waals surface area contributed by atoms with Gasteiger partial charge in [-0.3, -0.25) is 0 Å². The minimum absolute atomic E-state index is 0.188. The van der Waals surface area contributed by atoms with Gasteiger partial charge in [0.05, 0.1) is 0 Å². The molecule has 90 valence electrons. The standard InChI is InChI=1S/C14H24N2/c1-4-14(2,3)16-11-13(15)10-12-8-6-5-7-9-12/h5-9,13,16H,4,10-11,15H2,1-3H3/t13-/m1/s1. The molecule has 3 N–H and O–H groups in total. The quantitative estimate of drug-likeness (QED) is 0.772. The van der Waals surface area contributed by atoms with E-state index in [1.807, 2.05) is 6.07 Å². The highest BCUT2D eigenvalue weighted by Gasteiger charge is 2.15. The van der Waals surface area contributed by atoms with Gasteiger partial charge in [-0.2, -0.15) is 0 Å². The summed E-state index contributed by atoms with van der Waals surface area (Å²) >= 11 is 0. The van der Waals surface area contributed by atoms with Gasteiger partial charge in [0.15, 0.2) is 0 Å². The lowest BCUT2D eigenvalue weighted by Gasteiger charge is -2.26. The fourth-order valence-corrected chi connectivity index (χ4v) is 1.52. The largest absolute Gasteiger partial charge is 0.326 e. The fraction of sp³-hybridized carbons (Fsp3) is 0.571. The summed E-state index contributed by atoms with van der Waals surface area (Å²) in [5.74, 6) is 0. The van der Waals surface area contributed by atoms with Gasteiger partial charge in [0.1, 0.15) is 0 Å². The number of benzene rings is 1. The third-order valence-electron chi connectivity index (χ3n) is 3.07. The van der Waals surface area contributed by atoms with Gasteiger partial charge >= 0.3 is 0 Å². The molecule has 0 aliphatic carbocycles. The first kappa shape index (κ1) is 13.2. The summed E-state index contributed by atoms with van der Waals surface area (Å²) in [7, 11) is 0. The van der Waals surface area contributed by atoms with Crippen LogP contribution in [0.15, 0.2) is 30.3 Å². The zero-order chi connectivity index (χ0) is 12.0. The van der Waals surface area contributed by atoms with Crippen LogP contribution in [-0.4, -0.2) is 18.1 Å². The summed E-state index contributed by atoms with van der Waals surface area (Å²) in [4.78, 5) is 0. The second-order valence-electron chi connectivity index (χ2n) is 5.07. The van der Waals surface area contributed by atoms with E-state index in [0.29, 0.717) is 0 Å². The van der Waals surface area contributed by atoms with Crippen molar-refractivity contribution >= 4 is 0 Å². The molecule has 2 nitrogen and oxygen atoms in total. The minimum atomic E-state index is 0.188. The van der Waals surface area contributed by atoms with E-state index in [4.69, 9.17) is 5.73 Å². The molecule has 0 saturated carbocycles. The Hall–Kier alpha value is -0.860. The van der Waals surface area contributed by atoms with Crippen LogP contribution in [0.4, 0.5) is 0 Å². The van der Waals surface area contributed by atoms with Crippen molar-refractivity contribution in [2.75, 3.05) is 6.54 Å². The molecule has 0 spiro atoms. The minimum Gasteiger partial charge on any atom is -0.326 e. The highest BCUT2D eigenvalue weighted by molar-refractivity contribution is 5.15. The summed E-state index contributed by atoms with van der Waals surface area (Å²) in [6, 6.07) is 10.6. The van der Waals surface area contributed by atoms with Crippen LogP contribution in [0, 0.1) is 0 Å².